The van der Waals surface area contributed by atoms with Gasteiger partial charge in [0.15, 0.2) is 0 Å². The number of nitrogens with zero attached hydrogens (tertiary/aromatic N) is 1. The van der Waals surface area contributed by atoms with Crippen LogP contribution < -0.4 is 4.90 Å². The zero-order chi connectivity index (χ0) is 14.2. The highest BCUT2D eigenvalue weighted by molar-refractivity contribution is 8.03. The van der Waals surface area contributed by atoms with Crippen molar-refractivity contribution in [2.75, 3.05) is 18.1 Å². The molecule has 1 heterocycles. The average Bonchev–Trinajstić information content (AvgIpc) is 2.78. The summed E-state index contributed by atoms with van der Waals surface area (Å²) in [6.07, 6.45) is 10.0. The molecule has 2 nitrogen and oxygen atoms in total. The van der Waals surface area contributed by atoms with E-state index in [1.165, 1.54) is 10.6 Å². The maximum absolute atomic E-state index is 5.43. The van der Waals surface area contributed by atoms with E-state index in [1.807, 2.05) is 18.2 Å². The Labute approximate surface area is 125 Å². The second-order valence-electron chi connectivity index (χ2n) is 4.29. The molecule has 1 aliphatic rings. The van der Waals surface area contributed by atoms with E-state index in [4.69, 9.17) is 4.74 Å². The number of allylic oxidation sites excluding steroid dienone is 4. The maximum Gasteiger partial charge on any atom is 0.0890 e. The van der Waals surface area contributed by atoms with Gasteiger partial charge in [0.2, 0.25) is 0 Å². The molecule has 0 radical (unpaired) electrons. The Hall–Kier alpha value is -1.87. The number of para-hydroxylation sites is 1. The highest BCUT2D eigenvalue weighted by Crippen LogP contribution is 2.44. The number of anilines is 1. The van der Waals surface area contributed by atoms with Crippen molar-refractivity contribution < 1.29 is 4.74 Å². The molecule has 3 heteroatoms. The van der Waals surface area contributed by atoms with Crippen LogP contribution in [0.3, 0.4) is 0 Å². The summed E-state index contributed by atoms with van der Waals surface area (Å²) in [6.45, 7) is 9.35. The molecule has 0 aromatic heterocycles. The van der Waals surface area contributed by atoms with Gasteiger partial charge in [-0.1, -0.05) is 55.3 Å². The number of fused-ring (bicyclic) bond motifs is 1. The Morgan fingerprint density at radius 2 is 2.05 bits per heavy atom. The molecule has 1 aromatic rings. The van der Waals surface area contributed by atoms with Crippen molar-refractivity contribution in [3.63, 3.8) is 0 Å². The van der Waals surface area contributed by atoms with Crippen LogP contribution >= 0.6 is 11.8 Å². The van der Waals surface area contributed by atoms with Gasteiger partial charge in [0.25, 0.3) is 0 Å². The van der Waals surface area contributed by atoms with Crippen molar-refractivity contribution in [3.05, 3.63) is 73.0 Å². The lowest BCUT2D eigenvalue weighted by molar-refractivity contribution is 0.246. The smallest absolute Gasteiger partial charge is 0.0890 e. The number of benzene rings is 1. The van der Waals surface area contributed by atoms with Crippen molar-refractivity contribution in [3.8, 4) is 0 Å². The fraction of sp³-hybridized carbons (Fsp3) is 0.176. The molecule has 1 aliphatic heterocycles. The summed E-state index contributed by atoms with van der Waals surface area (Å²) in [5.41, 5.74) is 1.26. The molecule has 0 saturated carbocycles. The fourth-order valence-corrected chi connectivity index (χ4v) is 2.93. The zero-order valence-electron chi connectivity index (χ0n) is 11.5. The lowest BCUT2D eigenvalue weighted by Gasteiger charge is -2.19. The van der Waals surface area contributed by atoms with Crippen molar-refractivity contribution in [2.45, 2.75) is 11.3 Å². The molecule has 0 unspecified atom stereocenters. The molecule has 2 rings (SSSR count). The van der Waals surface area contributed by atoms with Crippen LogP contribution in [0.4, 0.5) is 5.69 Å². The average molecular weight is 285 g/mol. The van der Waals surface area contributed by atoms with E-state index >= 15 is 0 Å². The lowest BCUT2D eigenvalue weighted by atomic mass is 10.3. The minimum atomic E-state index is 0.703. The van der Waals surface area contributed by atoms with Gasteiger partial charge < -0.3 is 9.64 Å². The van der Waals surface area contributed by atoms with Gasteiger partial charge in [0.05, 0.1) is 23.6 Å². The molecule has 0 bridgehead atoms. The van der Waals surface area contributed by atoms with Crippen molar-refractivity contribution in [2.24, 2.45) is 0 Å². The van der Waals surface area contributed by atoms with Crippen LogP contribution in [-0.2, 0) is 4.74 Å². The van der Waals surface area contributed by atoms with Gasteiger partial charge in [0, 0.05) is 11.4 Å². The molecule has 0 atom stereocenters. The predicted molar refractivity (Wildman–Crippen MR) is 87.8 cm³/mol. The van der Waals surface area contributed by atoms with Crippen LogP contribution in [0.15, 0.2) is 77.9 Å². The van der Waals surface area contributed by atoms with E-state index < -0.39 is 0 Å². The van der Waals surface area contributed by atoms with Gasteiger partial charge in [-0.15, -0.1) is 0 Å². The molecular formula is C17H19NOS. The lowest BCUT2D eigenvalue weighted by Crippen LogP contribution is -2.19. The summed E-state index contributed by atoms with van der Waals surface area (Å²) in [4.78, 5) is 3.54. The molecule has 104 valence electrons. The van der Waals surface area contributed by atoms with Crippen molar-refractivity contribution in [1.82, 2.24) is 0 Å². The minimum absolute atomic E-state index is 0.703. The van der Waals surface area contributed by atoms with Crippen LogP contribution in [0, 0.1) is 0 Å². The van der Waals surface area contributed by atoms with Crippen LogP contribution in [0.5, 0.6) is 0 Å². The Morgan fingerprint density at radius 1 is 1.20 bits per heavy atom. The standard InChI is InChI=1S/C17H19NOS/c1-3-4-5-8-13-19-14-9-12-18-15(2)20-17-11-7-6-10-16(17)18/h3-8,10-11,13H,1-2,9,12,14H2/b5-4-,13-8?. The Kier molecular flexibility index (Phi) is 5.56. The first kappa shape index (κ1) is 14.5. The molecule has 0 aliphatic carbocycles. The molecule has 20 heavy (non-hydrogen) atoms. The normalized spacial score (nSPS) is 14.2. The van der Waals surface area contributed by atoms with Crippen LogP contribution in [-0.4, -0.2) is 13.2 Å². The third kappa shape index (κ3) is 3.81. The third-order valence-corrected chi connectivity index (χ3v) is 3.88. The van der Waals surface area contributed by atoms with E-state index in [2.05, 4.69) is 42.3 Å². The Balaban J connectivity index is 1.75. The molecule has 0 N–H and O–H groups in total. The summed E-state index contributed by atoms with van der Waals surface area (Å²) in [7, 11) is 0. The maximum atomic E-state index is 5.43. The van der Waals surface area contributed by atoms with Crippen LogP contribution in [0.25, 0.3) is 0 Å². The largest absolute Gasteiger partial charge is 0.501 e. The molecule has 0 amide bonds. The van der Waals surface area contributed by atoms with Gasteiger partial charge in [-0.25, -0.2) is 0 Å². The molecule has 0 spiro atoms. The van der Waals surface area contributed by atoms with E-state index in [1.54, 1.807) is 24.1 Å². The van der Waals surface area contributed by atoms with E-state index in [0.29, 0.717) is 6.61 Å². The third-order valence-electron chi connectivity index (χ3n) is 2.86. The first-order valence-corrected chi connectivity index (χ1v) is 7.44. The summed E-state index contributed by atoms with van der Waals surface area (Å²) in [6, 6.07) is 8.40. The topological polar surface area (TPSA) is 12.5 Å². The zero-order valence-corrected chi connectivity index (χ0v) is 12.3. The summed E-state index contributed by atoms with van der Waals surface area (Å²) < 4.78 is 5.43. The minimum Gasteiger partial charge on any atom is -0.501 e. The van der Waals surface area contributed by atoms with Crippen LogP contribution in [0.2, 0.25) is 0 Å². The van der Waals surface area contributed by atoms with Gasteiger partial charge in [-0.05, 0) is 24.6 Å². The molecule has 0 saturated heterocycles. The predicted octanol–water partition coefficient (Wildman–Crippen LogP) is 4.73. The van der Waals surface area contributed by atoms with Gasteiger partial charge in [0.1, 0.15) is 0 Å². The van der Waals surface area contributed by atoms with Gasteiger partial charge in [-0.3, -0.25) is 0 Å². The van der Waals surface area contributed by atoms with Crippen molar-refractivity contribution >= 4 is 17.4 Å². The van der Waals surface area contributed by atoms with E-state index in [0.717, 1.165) is 18.0 Å². The Morgan fingerprint density at radius 3 is 2.90 bits per heavy atom. The Bertz CT molecular complexity index is 534. The molecular weight excluding hydrogens is 266 g/mol. The number of rotatable bonds is 7. The van der Waals surface area contributed by atoms with Gasteiger partial charge >= 0.3 is 0 Å². The number of hydrogen-bond donors (Lipinski definition) is 0. The van der Waals surface area contributed by atoms with E-state index in [9.17, 15) is 0 Å². The number of hydrogen-bond acceptors (Lipinski definition) is 3. The van der Waals surface area contributed by atoms with Crippen molar-refractivity contribution in [1.29, 1.82) is 0 Å². The first-order chi connectivity index (χ1) is 9.83. The SMILES string of the molecule is C=C/C=C\C=COCCCN1C(=C)Sc2ccccc21. The molecule has 1 aromatic carbocycles. The highest BCUT2D eigenvalue weighted by atomic mass is 32.2. The quantitative estimate of drug-likeness (QED) is 0.408. The fourth-order valence-electron chi connectivity index (χ4n) is 1.95. The highest BCUT2D eigenvalue weighted by Gasteiger charge is 2.22. The summed E-state index contributed by atoms with van der Waals surface area (Å²) >= 11 is 1.73. The number of ether oxygens (including phenoxy) is 1. The number of thioether (sulfide) groups is 1. The second-order valence-corrected chi connectivity index (χ2v) is 5.40. The summed E-state index contributed by atoms with van der Waals surface area (Å²) in [5.74, 6) is 0. The monoisotopic (exact) mass is 285 g/mol. The second kappa shape index (κ2) is 7.65. The molecule has 0 fully saturated rings. The van der Waals surface area contributed by atoms with Gasteiger partial charge in [-0.2, -0.15) is 0 Å². The first-order valence-electron chi connectivity index (χ1n) is 6.62. The van der Waals surface area contributed by atoms with Crippen LogP contribution in [0.1, 0.15) is 6.42 Å². The summed E-state index contributed by atoms with van der Waals surface area (Å²) in [5, 5.41) is 1.09. The van der Waals surface area contributed by atoms with E-state index in [-0.39, 0.29) is 0 Å².